The molecule has 1 aliphatic rings. The van der Waals surface area contributed by atoms with Gasteiger partial charge in [-0.3, -0.25) is 4.79 Å². The van der Waals surface area contributed by atoms with E-state index in [9.17, 15) is 4.79 Å². The van der Waals surface area contributed by atoms with Gasteiger partial charge in [-0.2, -0.15) is 0 Å². The molecule has 17 heavy (non-hydrogen) atoms. The van der Waals surface area contributed by atoms with Gasteiger partial charge in [0.25, 0.3) is 0 Å². The number of carbonyl (C=O) groups is 1. The number of rotatable bonds is 4. The maximum atomic E-state index is 12.1. The topological polar surface area (TPSA) is 38.3 Å². The van der Waals surface area contributed by atoms with Crippen molar-refractivity contribution in [3.05, 3.63) is 29.8 Å². The van der Waals surface area contributed by atoms with Crippen LogP contribution in [0.4, 0.5) is 0 Å². The van der Waals surface area contributed by atoms with Gasteiger partial charge in [-0.25, -0.2) is 0 Å². The van der Waals surface area contributed by atoms with Gasteiger partial charge >= 0.3 is 0 Å². The number of carbonyl (C=O) groups excluding carboxylic acids is 1. The summed E-state index contributed by atoms with van der Waals surface area (Å²) in [5, 5.41) is 3.91. The van der Waals surface area contributed by atoms with E-state index in [-0.39, 0.29) is 17.9 Å². The highest BCUT2D eigenvalue weighted by molar-refractivity contribution is 9.09. The second kappa shape index (κ2) is 5.54. The number of benzene rings is 1. The Morgan fingerprint density at radius 3 is 3.12 bits per heavy atom. The van der Waals surface area contributed by atoms with E-state index in [0.717, 1.165) is 23.1 Å². The van der Waals surface area contributed by atoms with Crippen molar-refractivity contribution in [1.29, 1.82) is 0 Å². The average molecular weight is 298 g/mol. The van der Waals surface area contributed by atoms with Crippen molar-refractivity contribution in [2.45, 2.75) is 25.3 Å². The number of amides is 1. The van der Waals surface area contributed by atoms with Gasteiger partial charge in [0.1, 0.15) is 18.3 Å². The van der Waals surface area contributed by atoms with E-state index in [1.165, 1.54) is 0 Å². The second-order valence-corrected chi connectivity index (χ2v) is 5.08. The van der Waals surface area contributed by atoms with Crippen molar-refractivity contribution in [3.63, 3.8) is 0 Å². The summed E-state index contributed by atoms with van der Waals surface area (Å²) in [5.41, 5.74) is 0.996. The van der Waals surface area contributed by atoms with Gasteiger partial charge in [0.2, 0.25) is 5.91 Å². The highest BCUT2D eigenvalue weighted by Gasteiger charge is 2.30. The molecule has 1 N–H and O–H groups in total. The van der Waals surface area contributed by atoms with Crippen LogP contribution in [0.25, 0.3) is 0 Å². The molecule has 0 aromatic heterocycles. The Balaban J connectivity index is 2.02. The largest absolute Gasteiger partial charge is 0.492 e. The highest BCUT2D eigenvalue weighted by Crippen LogP contribution is 2.33. The molecule has 1 aromatic rings. The molecule has 1 aliphatic heterocycles. The quantitative estimate of drug-likeness (QED) is 0.867. The monoisotopic (exact) mass is 297 g/mol. The lowest BCUT2D eigenvalue weighted by Crippen LogP contribution is -2.37. The molecule has 0 bridgehead atoms. The zero-order chi connectivity index (χ0) is 12.3. The summed E-state index contributed by atoms with van der Waals surface area (Å²) >= 11 is 3.37. The lowest BCUT2D eigenvalue weighted by Gasteiger charge is -2.15. The Kier molecular flexibility index (Phi) is 4.05. The predicted molar refractivity (Wildman–Crippen MR) is 70.7 cm³/mol. The van der Waals surface area contributed by atoms with Crippen LogP contribution in [0.1, 0.15) is 24.8 Å². The van der Waals surface area contributed by atoms with E-state index in [0.29, 0.717) is 6.61 Å². The zero-order valence-corrected chi connectivity index (χ0v) is 11.4. The fourth-order valence-corrected chi connectivity index (χ4v) is 2.65. The second-order valence-electron chi connectivity index (χ2n) is 4.29. The van der Waals surface area contributed by atoms with Gasteiger partial charge < -0.3 is 10.1 Å². The molecular formula is C13H16BrNO2. The van der Waals surface area contributed by atoms with Crippen molar-refractivity contribution in [2.75, 3.05) is 11.9 Å². The number of alkyl halides is 1. The molecule has 3 nitrogen and oxygen atoms in total. The summed E-state index contributed by atoms with van der Waals surface area (Å²) in [4.78, 5) is 12.1. The summed E-state index contributed by atoms with van der Waals surface area (Å²) in [6.07, 6.45) is 0.932. The Morgan fingerprint density at radius 2 is 2.35 bits per heavy atom. The van der Waals surface area contributed by atoms with E-state index in [1.54, 1.807) is 0 Å². The number of para-hydroxylation sites is 1. The van der Waals surface area contributed by atoms with Crippen LogP contribution < -0.4 is 10.1 Å². The summed E-state index contributed by atoms with van der Waals surface area (Å²) in [5.74, 6) is 0.730. The average Bonchev–Trinajstić information content (AvgIpc) is 2.72. The number of fused-ring (bicyclic) bond motifs is 1. The molecule has 4 heteroatoms. The first-order valence-electron chi connectivity index (χ1n) is 5.80. The van der Waals surface area contributed by atoms with Gasteiger partial charge in [-0.1, -0.05) is 34.1 Å². The van der Waals surface area contributed by atoms with E-state index in [4.69, 9.17) is 4.74 Å². The van der Waals surface area contributed by atoms with Crippen molar-refractivity contribution < 1.29 is 9.53 Å². The summed E-state index contributed by atoms with van der Waals surface area (Å²) in [6.45, 7) is 2.47. The van der Waals surface area contributed by atoms with Crippen LogP contribution in [-0.4, -0.2) is 23.9 Å². The number of ether oxygens (including phenoxy) is 1. The third-order valence-corrected chi connectivity index (χ3v) is 3.41. The maximum absolute atomic E-state index is 12.1. The van der Waals surface area contributed by atoms with Crippen molar-refractivity contribution >= 4 is 21.8 Å². The fraction of sp³-hybridized carbons (Fsp3) is 0.462. The third-order valence-electron chi connectivity index (χ3n) is 2.95. The van der Waals surface area contributed by atoms with Crippen LogP contribution >= 0.6 is 15.9 Å². The van der Waals surface area contributed by atoms with Crippen LogP contribution in [0.3, 0.4) is 0 Å². The molecule has 0 spiro atoms. The Morgan fingerprint density at radius 1 is 1.59 bits per heavy atom. The van der Waals surface area contributed by atoms with Crippen LogP contribution in [0.5, 0.6) is 5.75 Å². The maximum Gasteiger partial charge on any atom is 0.231 e. The molecule has 1 heterocycles. The van der Waals surface area contributed by atoms with Crippen LogP contribution in [-0.2, 0) is 4.79 Å². The predicted octanol–water partition coefficient (Wildman–Crippen LogP) is 2.45. The first-order chi connectivity index (χ1) is 8.22. The molecule has 2 unspecified atom stereocenters. The first kappa shape index (κ1) is 12.4. The summed E-state index contributed by atoms with van der Waals surface area (Å²) in [6, 6.07) is 7.92. The van der Waals surface area contributed by atoms with Crippen molar-refractivity contribution in [3.8, 4) is 5.75 Å². The molecular weight excluding hydrogens is 282 g/mol. The van der Waals surface area contributed by atoms with Crippen LogP contribution in [0.15, 0.2) is 24.3 Å². The molecule has 0 fully saturated rings. The summed E-state index contributed by atoms with van der Waals surface area (Å²) < 4.78 is 5.50. The number of nitrogens with one attached hydrogen (secondary N) is 1. The Hall–Kier alpha value is -1.03. The lowest BCUT2D eigenvalue weighted by molar-refractivity contribution is -0.123. The van der Waals surface area contributed by atoms with Gasteiger partial charge in [0.05, 0.1) is 0 Å². The van der Waals surface area contributed by atoms with Crippen LogP contribution in [0, 0.1) is 0 Å². The van der Waals surface area contributed by atoms with E-state index in [1.807, 2.05) is 31.2 Å². The fourth-order valence-electron chi connectivity index (χ4n) is 1.96. The molecule has 92 valence electrons. The highest BCUT2D eigenvalue weighted by atomic mass is 79.9. The SMILES string of the molecule is CC(CCBr)NC(=O)C1COc2ccccc21. The minimum Gasteiger partial charge on any atom is -0.492 e. The molecule has 1 aromatic carbocycles. The van der Waals surface area contributed by atoms with Crippen molar-refractivity contribution in [2.24, 2.45) is 0 Å². The van der Waals surface area contributed by atoms with Gasteiger partial charge in [-0.15, -0.1) is 0 Å². The third kappa shape index (κ3) is 2.80. The zero-order valence-electron chi connectivity index (χ0n) is 9.78. The summed E-state index contributed by atoms with van der Waals surface area (Å²) in [7, 11) is 0. The van der Waals surface area contributed by atoms with E-state index >= 15 is 0 Å². The van der Waals surface area contributed by atoms with Crippen molar-refractivity contribution in [1.82, 2.24) is 5.32 Å². The minimum absolute atomic E-state index is 0.0587. The molecule has 0 aliphatic carbocycles. The molecule has 0 saturated carbocycles. The van der Waals surface area contributed by atoms with Gasteiger partial charge in [0.15, 0.2) is 0 Å². The minimum atomic E-state index is -0.163. The number of hydrogen-bond acceptors (Lipinski definition) is 2. The lowest BCUT2D eigenvalue weighted by atomic mass is 10.00. The molecule has 2 rings (SSSR count). The standard InChI is InChI=1S/C13H16BrNO2/c1-9(6-7-14)15-13(16)11-8-17-12-5-3-2-4-10(11)12/h2-5,9,11H,6-8H2,1H3,(H,15,16). The normalized spacial score (nSPS) is 19.3. The van der Waals surface area contributed by atoms with Crippen LogP contribution in [0.2, 0.25) is 0 Å². The Bertz CT molecular complexity index is 408. The molecule has 0 radical (unpaired) electrons. The number of halogens is 1. The Labute approximate surface area is 110 Å². The molecule has 0 saturated heterocycles. The smallest absolute Gasteiger partial charge is 0.231 e. The van der Waals surface area contributed by atoms with E-state index in [2.05, 4.69) is 21.2 Å². The first-order valence-corrected chi connectivity index (χ1v) is 6.92. The molecule has 2 atom stereocenters. The van der Waals surface area contributed by atoms with Gasteiger partial charge in [0, 0.05) is 16.9 Å². The number of hydrogen-bond donors (Lipinski definition) is 1. The molecule has 1 amide bonds. The van der Waals surface area contributed by atoms with Gasteiger partial charge in [-0.05, 0) is 19.4 Å². The van der Waals surface area contributed by atoms with E-state index < -0.39 is 0 Å².